The van der Waals surface area contributed by atoms with Crippen LogP contribution in [0.2, 0.25) is 5.02 Å². The van der Waals surface area contributed by atoms with E-state index in [1.165, 1.54) is 12.1 Å². The summed E-state index contributed by atoms with van der Waals surface area (Å²) in [7, 11) is -3.78. The molecule has 3 rings (SSSR count). The molecule has 3 N–H and O–H groups in total. The van der Waals surface area contributed by atoms with Gasteiger partial charge in [0.2, 0.25) is 10.0 Å². The van der Waals surface area contributed by atoms with Crippen LogP contribution in [-0.4, -0.2) is 36.5 Å². The number of sulfonamides is 1. The molecular formula is C18H19ClN2O4S3. The van der Waals surface area contributed by atoms with Gasteiger partial charge in [-0.15, -0.1) is 11.8 Å². The molecule has 0 aromatic heterocycles. The number of carbonyl (C=O) groups is 1. The lowest BCUT2D eigenvalue weighted by molar-refractivity contribution is 0.0695. The van der Waals surface area contributed by atoms with Gasteiger partial charge >= 0.3 is 5.97 Å². The van der Waals surface area contributed by atoms with Crippen LogP contribution in [0.15, 0.2) is 40.1 Å². The highest BCUT2D eigenvalue weighted by Gasteiger charge is 2.23. The summed E-state index contributed by atoms with van der Waals surface area (Å²) >= 11 is 9.23. The summed E-state index contributed by atoms with van der Waals surface area (Å²) in [5, 5.41) is 13.3. The first kappa shape index (κ1) is 21.3. The molecule has 0 saturated carbocycles. The lowest BCUT2D eigenvalue weighted by atomic mass is 10.0. The van der Waals surface area contributed by atoms with E-state index < -0.39 is 16.0 Å². The van der Waals surface area contributed by atoms with Crippen LogP contribution in [0.3, 0.4) is 0 Å². The number of carboxylic acids is 1. The van der Waals surface area contributed by atoms with Crippen LogP contribution in [0.5, 0.6) is 0 Å². The molecule has 1 atom stereocenters. The maximum absolute atomic E-state index is 12.5. The minimum atomic E-state index is -3.78. The van der Waals surface area contributed by atoms with E-state index >= 15 is 0 Å². The second-order valence-corrected chi connectivity index (χ2v) is 11.1. The van der Waals surface area contributed by atoms with Gasteiger partial charge in [0, 0.05) is 22.2 Å². The number of benzene rings is 2. The SMILES string of the molecule is Cc1cc(S(=O)(=O)NCCSC2Nc3cc(Cl)ccc3S2)cc(C(=O)O)c1C. The Balaban J connectivity index is 1.57. The van der Waals surface area contributed by atoms with Crippen LogP contribution in [-0.2, 0) is 10.0 Å². The van der Waals surface area contributed by atoms with E-state index in [0.29, 0.717) is 21.9 Å². The number of nitrogens with one attached hydrogen (secondary N) is 2. The third kappa shape index (κ3) is 4.77. The fourth-order valence-electron chi connectivity index (χ4n) is 2.69. The van der Waals surface area contributed by atoms with Crippen LogP contribution in [0.4, 0.5) is 5.69 Å². The van der Waals surface area contributed by atoms with Crippen molar-refractivity contribution in [1.29, 1.82) is 0 Å². The molecule has 0 amide bonds. The second kappa shape index (κ2) is 8.54. The van der Waals surface area contributed by atoms with E-state index in [-0.39, 0.29) is 21.7 Å². The number of thioether (sulfide) groups is 2. The molecule has 2 aromatic carbocycles. The van der Waals surface area contributed by atoms with Gasteiger partial charge in [-0.25, -0.2) is 17.9 Å². The molecule has 1 aliphatic heterocycles. The number of anilines is 1. The van der Waals surface area contributed by atoms with Crippen molar-refractivity contribution in [3.63, 3.8) is 0 Å². The number of hydrogen-bond donors (Lipinski definition) is 3. The van der Waals surface area contributed by atoms with Crippen molar-refractivity contribution >= 4 is 56.8 Å². The van der Waals surface area contributed by atoms with Crippen LogP contribution in [0.25, 0.3) is 0 Å². The molecule has 1 unspecified atom stereocenters. The minimum Gasteiger partial charge on any atom is -0.478 e. The van der Waals surface area contributed by atoms with E-state index in [2.05, 4.69) is 10.0 Å². The molecule has 0 fully saturated rings. The van der Waals surface area contributed by atoms with Gasteiger partial charge in [-0.1, -0.05) is 23.4 Å². The number of carboxylic acid groups (broad SMARTS) is 1. The van der Waals surface area contributed by atoms with Gasteiger partial charge in [0.25, 0.3) is 0 Å². The van der Waals surface area contributed by atoms with Crippen LogP contribution in [0, 0.1) is 13.8 Å². The molecule has 0 spiro atoms. The van der Waals surface area contributed by atoms with E-state index in [4.69, 9.17) is 11.6 Å². The summed E-state index contributed by atoms with van der Waals surface area (Å²) in [6.07, 6.45) is 0. The third-order valence-corrected chi connectivity index (χ3v) is 8.47. The zero-order chi connectivity index (χ0) is 20.5. The molecule has 150 valence electrons. The number of aryl methyl sites for hydroxylation is 1. The average Bonchev–Trinajstić information content (AvgIpc) is 3.02. The van der Waals surface area contributed by atoms with Crippen molar-refractivity contribution in [3.8, 4) is 0 Å². The van der Waals surface area contributed by atoms with Crippen LogP contribution in [0.1, 0.15) is 21.5 Å². The molecule has 0 aliphatic carbocycles. The Labute approximate surface area is 177 Å². The number of rotatable bonds is 7. The van der Waals surface area contributed by atoms with Crippen molar-refractivity contribution in [1.82, 2.24) is 4.72 Å². The normalized spacial score (nSPS) is 15.9. The Morgan fingerprint density at radius 1 is 1.32 bits per heavy atom. The fraction of sp³-hybridized carbons (Fsp3) is 0.278. The molecule has 28 heavy (non-hydrogen) atoms. The quantitative estimate of drug-likeness (QED) is 0.536. The molecule has 10 heteroatoms. The molecule has 1 aliphatic rings. The van der Waals surface area contributed by atoms with Gasteiger partial charge < -0.3 is 10.4 Å². The van der Waals surface area contributed by atoms with E-state index in [1.807, 2.05) is 18.2 Å². The fourth-order valence-corrected chi connectivity index (χ4v) is 6.46. The van der Waals surface area contributed by atoms with Gasteiger partial charge in [-0.3, -0.25) is 0 Å². The molecule has 0 saturated heterocycles. The Kier molecular flexibility index (Phi) is 6.51. The van der Waals surface area contributed by atoms with E-state index in [9.17, 15) is 18.3 Å². The number of fused-ring (bicyclic) bond motifs is 1. The highest BCUT2D eigenvalue weighted by atomic mass is 35.5. The van der Waals surface area contributed by atoms with Crippen molar-refractivity contribution in [3.05, 3.63) is 52.0 Å². The molecule has 0 radical (unpaired) electrons. The topological polar surface area (TPSA) is 95.5 Å². The van der Waals surface area contributed by atoms with Gasteiger partial charge in [0.05, 0.1) is 16.1 Å². The number of hydrogen-bond acceptors (Lipinski definition) is 6. The van der Waals surface area contributed by atoms with Crippen molar-refractivity contribution in [2.75, 3.05) is 17.6 Å². The van der Waals surface area contributed by atoms with Crippen LogP contribution >= 0.6 is 35.1 Å². The largest absolute Gasteiger partial charge is 0.478 e. The highest BCUT2D eigenvalue weighted by Crippen LogP contribution is 2.43. The molecule has 0 bridgehead atoms. The Morgan fingerprint density at radius 3 is 2.79 bits per heavy atom. The van der Waals surface area contributed by atoms with Crippen molar-refractivity contribution in [2.45, 2.75) is 28.3 Å². The minimum absolute atomic E-state index is 0.00210. The van der Waals surface area contributed by atoms with E-state index in [1.54, 1.807) is 37.4 Å². The van der Waals surface area contributed by atoms with E-state index in [0.717, 1.165) is 10.6 Å². The maximum Gasteiger partial charge on any atom is 0.336 e. The summed E-state index contributed by atoms with van der Waals surface area (Å²) in [6, 6.07) is 8.36. The molecule has 2 aromatic rings. The summed E-state index contributed by atoms with van der Waals surface area (Å²) in [4.78, 5) is 12.4. The first-order valence-electron chi connectivity index (χ1n) is 8.36. The maximum atomic E-state index is 12.5. The Bertz CT molecular complexity index is 1030. The molecular weight excluding hydrogens is 440 g/mol. The van der Waals surface area contributed by atoms with Gasteiger partial charge in [0.1, 0.15) is 4.71 Å². The lowest BCUT2D eigenvalue weighted by Gasteiger charge is -2.12. The highest BCUT2D eigenvalue weighted by molar-refractivity contribution is 8.17. The lowest BCUT2D eigenvalue weighted by Crippen LogP contribution is -2.27. The first-order valence-corrected chi connectivity index (χ1v) is 12.1. The predicted molar refractivity (Wildman–Crippen MR) is 115 cm³/mol. The standard InChI is InChI=1S/C18H19ClN2O4S3/c1-10-7-13(9-14(11(10)2)17(22)23)28(24,25)20-5-6-26-18-21-15-8-12(19)3-4-16(15)27-18/h3-4,7-9,18,20-21H,5-6H2,1-2H3,(H,22,23). The average molecular weight is 459 g/mol. The summed E-state index contributed by atoms with van der Waals surface area (Å²) < 4.78 is 27.7. The van der Waals surface area contributed by atoms with Gasteiger partial charge in [0.15, 0.2) is 0 Å². The zero-order valence-corrected chi connectivity index (χ0v) is 18.4. The third-order valence-electron chi connectivity index (χ3n) is 4.29. The Morgan fingerprint density at radius 2 is 2.07 bits per heavy atom. The van der Waals surface area contributed by atoms with Gasteiger partial charge in [-0.05, 0) is 55.3 Å². The van der Waals surface area contributed by atoms with Crippen LogP contribution < -0.4 is 10.0 Å². The second-order valence-electron chi connectivity index (χ2n) is 6.22. The summed E-state index contributed by atoms with van der Waals surface area (Å²) in [6.45, 7) is 3.60. The Hall–Kier alpha value is -1.39. The molecule has 6 nitrogen and oxygen atoms in total. The van der Waals surface area contributed by atoms with Crippen molar-refractivity contribution < 1.29 is 18.3 Å². The summed E-state index contributed by atoms with van der Waals surface area (Å²) in [5.74, 6) is -0.584. The monoisotopic (exact) mass is 458 g/mol. The smallest absolute Gasteiger partial charge is 0.336 e. The predicted octanol–water partition coefficient (Wildman–Crippen LogP) is 4.17. The first-order chi connectivity index (χ1) is 13.2. The summed E-state index contributed by atoms with van der Waals surface area (Å²) in [5.41, 5.74) is 2.16. The zero-order valence-electron chi connectivity index (χ0n) is 15.2. The van der Waals surface area contributed by atoms with Gasteiger partial charge in [-0.2, -0.15) is 0 Å². The molecule has 1 heterocycles. The number of halogens is 1. The number of aromatic carboxylic acids is 1. The van der Waals surface area contributed by atoms with Crippen molar-refractivity contribution in [2.24, 2.45) is 0 Å².